The van der Waals surface area contributed by atoms with E-state index >= 15 is 0 Å². The molecule has 0 radical (unpaired) electrons. The van der Waals surface area contributed by atoms with E-state index in [4.69, 9.17) is 26.2 Å². The van der Waals surface area contributed by atoms with Crippen LogP contribution in [0.1, 0.15) is 6.42 Å². The summed E-state index contributed by atoms with van der Waals surface area (Å²) >= 11 is 6.11. The molecule has 3 heterocycles. The molecule has 0 fully saturated rings. The molecule has 1 aliphatic rings. The maximum atomic E-state index is 13.0. The zero-order chi connectivity index (χ0) is 22.0. The minimum atomic E-state index is -3.58. The third kappa shape index (κ3) is 4.48. The number of nitrogens with two attached hydrogens (primary N) is 1. The number of fused-ring (bicyclic) bond motifs is 1. The van der Waals surface area contributed by atoms with Crippen LogP contribution in [0.2, 0.25) is 5.02 Å². The molecular weight excluding hydrogens is 444 g/mol. The van der Waals surface area contributed by atoms with Crippen LogP contribution in [0.25, 0.3) is 11.1 Å². The number of hydrogen-bond donors (Lipinski definition) is 2. The van der Waals surface area contributed by atoms with E-state index in [0.717, 1.165) is 12.0 Å². The van der Waals surface area contributed by atoms with Crippen molar-refractivity contribution in [2.24, 2.45) is 9.50 Å². The Bertz CT molecular complexity index is 1270. The summed E-state index contributed by atoms with van der Waals surface area (Å²) in [5.74, 6) is 0.674. The molecule has 0 spiro atoms. The Morgan fingerprint density at radius 3 is 3.03 bits per heavy atom. The maximum Gasteiger partial charge on any atom is 0.354 e. The van der Waals surface area contributed by atoms with Crippen molar-refractivity contribution in [1.82, 2.24) is 14.8 Å². The van der Waals surface area contributed by atoms with Gasteiger partial charge in [0.15, 0.2) is 9.92 Å². The van der Waals surface area contributed by atoms with E-state index in [0.29, 0.717) is 35.3 Å². The van der Waals surface area contributed by atoms with E-state index in [1.165, 1.54) is 13.3 Å². The molecule has 2 amide bonds. The van der Waals surface area contributed by atoms with Gasteiger partial charge in [-0.1, -0.05) is 17.7 Å². The van der Waals surface area contributed by atoms with Crippen molar-refractivity contribution in [3.8, 4) is 22.9 Å². The third-order valence-electron chi connectivity index (χ3n) is 4.52. The smallest absolute Gasteiger partial charge is 0.354 e. The summed E-state index contributed by atoms with van der Waals surface area (Å²) in [5, 5.41) is 13.0. The molecule has 0 saturated carbocycles. The largest absolute Gasteiger partial charge is 0.481 e. The van der Waals surface area contributed by atoms with Crippen molar-refractivity contribution in [1.29, 1.82) is 0 Å². The number of anilines is 1. The summed E-state index contributed by atoms with van der Waals surface area (Å²) in [6.07, 6.45) is 3.66. The Balaban J connectivity index is 1.66. The number of amides is 2. The number of carbonyl (C=O) groups excluding carboxylic acids is 1. The lowest BCUT2D eigenvalue weighted by Crippen LogP contribution is -2.20. The molecule has 3 N–H and O–H groups in total. The quantitative estimate of drug-likeness (QED) is 0.610. The van der Waals surface area contributed by atoms with E-state index in [-0.39, 0.29) is 10.8 Å². The van der Waals surface area contributed by atoms with E-state index in [2.05, 4.69) is 19.8 Å². The number of hydrogen-bond acceptors (Lipinski definition) is 6. The normalized spacial score (nSPS) is 14.7. The minimum Gasteiger partial charge on any atom is -0.481 e. The number of nitrogens with one attached hydrogen (secondary N) is 1. The first-order valence-electron chi connectivity index (χ1n) is 9.22. The van der Waals surface area contributed by atoms with Gasteiger partial charge < -0.3 is 14.8 Å². The van der Waals surface area contributed by atoms with Gasteiger partial charge in [-0.2, -0.15) is 5.10 Å². The number of aromatic nitrogens is 3. The first-order valence-corrected chi connectivity index (χ1v) is 11.2. The zero-order valence-electron chi connectivity index (χ0n) is 16.4. The van der Waals surface area contributed by atoms with Crippen LogP contribution < -0.4 is 19.9 Å². The van der Waals surface area contributed by atoms with Crippen LogP contribution in [-0.2, 0) is 16.5 Å². The molecule has 1 atom stereocenters. The van der Waals surface area contributed by atoms with E-state index in [9.17, 15) is 9.00 Å². The standard InChI is InChI=1S/C19H19ClN6O4S/c1-29-17-9-12(5-6-22-17)14-4-3-13(20)10-15(14)24-19(27)25-31(21,28)16-11-23-26-7-2-8-30-18(16)26/h3-6,9-11H,2,7-8H2,1H3,(H3,21,24,25,27,28)/t31-/m1/s1. The van der Waals surface area contributed by atoms with Gasteiger partial charge in [0.1, 0.15) is 4.90 Å². The molecule has 10 nitrogen and oxygen atoms in total. The minimum absolute atomic E-state index is 0.0764. The predicted molar refractivity (Wildman–Crippen MR) is 116 cm³/mol. The van der Waals surface area contributed by atoms with Crippen molar-refractivity contribution in [2.75, 3.05) is 19.0 Å². The Hall–Kier alpha value is -3.15. The second-order valence-electron chi connectivity index (χ2n) is 6.61. The number of halogens is 1. The number of aryl methyl sites for hydroxylation is 1. The highest BCUT2D eigenvalue weighted by Gasteiger charge is 2.24. The number of ether oxygens (including phenoxy) is 2. The average molecular weight is 463 g/mol. The molecule has 1 aromatic carbocycles. The lowest BCUT2D eigenvalue weighted by molar-refractivity contribution is 0.224. The van der Waals surface area contributed by atoms with Gasteiger partial charge in [0.2, 0.25) is 11.8 Å². The molecular formula is C19H19ClN6O4S. The molecule has 0 aliphatic carbocycles. The molecule has 0 saturated heterocycles. The fraction of sp³-hybridized carbons (Fsp3) is 0.211. The Kier molecular flexibility index (Phi) is 5.81. The molecule has 31 heavy (non-hydrogen) atoms. The highest BCUT2D eigenvalue weighted by Crippen LogP contribution is 2.32. The number of carbonyl (C=O) groups is 1. The second-order valence-corrected chi connectivity index (χ2v) is 8.80. The number of benzene rings is 1. The van der Waals surface area contributed by atoms with Gasteiger partial charge >= 0.3 is 6.03 Å². The summed E-state index contributed by atoms with van der Waals surface area (Å²) in [5.41, 5.74) is 1.73. The van der Waals surface area contributed by atoms with Crippen LogP contribution in [0.3, 0.4) is 0 Å². The van der Waals surface area contributed by atoms with Crippen LogP contribution >= 0.6 is 11.6 Å². The van der Waals surface area contributed by atoms with Crippen molar-refractivity contribution >= 4 is 33.2 Å². The van der Waals surface area contributed by atoms with Crippen molar-refractivity contribution < 1.29 is 18.5 Å². The lowest BCUT2D eigenvalue weighted by atomic mass is 10.0. The Morgan fingerprint density at radius 1 is 1.39 bits per heavy atom. The van der Waals surface area contributed by atoms with Crippen LogP contribution in [-0.4, -0.2) is 38.7 Å². The van der Waals surface area contributed by atoms with E-state index in [1.54, 1.807) is 41.2 Å². The second kappa shape index (κ2) is 8.53. The summed E-state index contributed by atoms with van der Waals surface area (Å²) in [6, 6.07) is 7.53. The number of nitrogens with zero attached hydrogens (tertiary/aromatic N) is 4. The van der Waals surface area contributed by atoms with Crippen molar-refractivity contribution in [3.63, 3.8) is 0 Å². The molecule has 0 unspecified atom stereocenters. The summed E-state index contributed by atoms with van der Waals surface area (Å²) in [4.78, 5) is 16.8. The van der Waals surface area contributed by atoms with Gasteiger partial charge in [-0.05, 0) is 23.8 Å². The monoisotopic (exact) mass is 462 g/mol. The van der Waals surface area contributed by atoms with Gasteiger partial charge in [-0.15, -0.1) is 4.36 Å². The number of pyridine rings is 1. The van der Waals surface area contributed by atoms with Gasteiger partial charge in [-0.3, -0.25) is 0 Å². The maximum absolute atomic E-state index is 13.0. The molecule has 2 aromatic heterocycles. The first kappa shape index (κ1) is 21.1. The molecule has 1 aliphatic heterocycles. The van der Waals surface area contributed by atoms with Gasteiger partial charge in [-0.25, -0.2) is 23.8 Å². The van der Waals surface area contributed by atoms with Gasteiger partial charge in [0.05, 0.1) is 25.6 Å². The summed E-state index contributed by atoms with van der Waals surface area (Å²) < 4.78 is 28.9. The van der Waals surface area contributed by atoms with E-state index in [1.807, 2.05) is 0 Å². The Labute approximate surface area is 183 Å². The fourth-order valence-electron chi connectivity index (χ4n) is 3.12. The molecule has 3 aromatic rings. The highest BCUT2D eigenvalue weighted by molar-refractivity contribution is 7.91. The fourth-order valence-corrected chi connectivity index (χ4v) is 4.29. The molecule has 0 bridgehead atoms. The van der Waals surface area contributed by atoms with Crippen LogP contribution in [0.5, 0.6) is 11.8 Å². The van der Waals surface area contributed by atoms with Crippen molar-refractivity contribution in [3.05, 3.63) is 47.7 Å². The topological polar surface area (TPSA) is 134 Å². The molecule has 12 heteroatoms. The van der Waals surface area contributed by atoms with Gasteiger partial charge in [0, 0.05) is 35.8 Å². The third-order valence-corrected chi connectivity index (χ3v) is 6.11. The number of methoxy groups -OCH3 is 1. The molecule has 4 rings (SSSR count). The summed E-state index contributed by atoms with van der Waals surface area (Å²) in [7, 11) is -2.08. The van der Waals surface area contributed by atoms with Gasteiger partial charge in [0.25, 0.3) is 0 Å². The number of rotatable bonds is 4. The van der Waals surface area contributed by atoms with E-state index < -0.39 is 15.9 Å². The predicted octanol–water partition coefficient (Wildman–Crippen LogP) is 3.32. The summed E-state index contributed by atoms with van der Waals surface area (Å²) in [6.45, 7) is 1.06. The SMILES string of the molecule is COc1cc(-c2ccc(Cl)cc2NC(=O)N=[S@@](N)(=O)c2cnn3c2OCCC3)ccn1. The van der Waals surface area contributed by atoms with Crippen LogP contribution in [0.15, 0.2) is 52.0 Å². The zero-order valence-corrected chi connectivity index (χ0v) is 18.0. The van der Waals surface area contributed by atoms with Crippen molar-refractivity contribution in [2.45, 2.75) is 17.9 Å². The first-order chi connectivity index (χ1) is 14.9. The highest BCUT2D eigenvalue weighted by atomic mass is 35.5. The molecule has 162 valence electrons. The van der Waals surface area contributed by atoms with Crippen LogP contribution in [0, 0.1) is 0 Å². The average Bonchev–Trinajstić information content (AvgIpc) is 3.19. The van der Waals surface area contributed by atoms with Crippen LogP contribution in [0.4, 0.5) is 10.5 Å². The lowest BCUT2D eigenvalue weighted by Gasteiger charge is -2.16. The number of urea groups is 1. The Morgan fingerprint density at radius 2 is 2.23 bits per heavy atom.